The first-order chi connectivity index (χ1) is 27.7. The van der Waals surface area contributed by atoms with Gasteiger partial charge in [-0.3, -0.25) is 41.8 Å². The molecule has 3 aliphatic heterocycles. The number of phosphoric acid groups is 1. The second kappa shape index (κ2) is 15.9. The van der Waals surface area contributed by atoms with Gasteiger partial charge in [0.15, 0.2) is 46.8 Å². The van der Waals surface area contributed by atoms with E-state index in [1.165, 1.54) is 21.8 Å². The summed E-state index contributed by atoms with van der Waals surface area (Å²) in [5, 5.41) is 5.76. The number of nitrogens with zero attached hydrogens (tertiary/aromatic N) is 7. The Balaban J connectivity index is 1.07. The molecule has 58 heavy (non-hydrogen) atoms. The van der Waals surface area contributed by atoms with Gasteiger partial charge in [-0.05, 0) is 24.5 Å². The predicted octanol–water partition coefficient (Wildman–Crippen LogP) is 4.18. The average molecular weight is 847 g/mol. The molecule has 2 bridgehead atoms. The Morgan fingerprint density at radius 1 is 1.02 bits per heavy atom. The van der Waals surface area contributed by atoms with Crippen LogP contribution in [0.2, 0.25) is 0 Å². The number of rotatable bonds is 8. The van der Waals surface area contributed by atoms with Crippen LogP contribution in [0.1, 0.15) is 50.0 Å². The summed E-state index contributed by atoms with van der Waals surface area (Å²) in [7, 11) is -7.96. The van der Waals surface area contributed by atoms with E-state index in [2.05, 4.69) is 40.5 Å². The van der Waals surface area contributed by atoms with Crippen molar-refractivity contribution in [2.24, 2.45) is 11.8 Å². The molecule has 7 heterocycles. The number of nitrogens with one attached hydrogen (secondary N) is 3. The first-order valence-corrected chi connectivity index (χ1v) is 21.6. The number of fused-ring (bicyclic) bond motifs is 5. The molecule has 3 fully saturated rings. The molecule has 1 aromatic carbocycles. The van der Waals surface area contributed by atoms with Crippen LogP contribution in [-0.4, -0.2) is 107 Å². The van der Waals surface area contributed by atoms with Crippen LogP contribution in [0.5, 0.6) is 0 Å². The minimum Gasteiger partial charge on any atom is -0.355 e. The molecule has 1 amide bonds. The Hall–Kier alpha value is -4.50. The van der Waals surface area contributed by atoms with Gasteiger partial charge in [-0.1, -0.05) is 39.0 Å². The number of halogens is 1. The van der Waals surface area contributed by atoms with Crippen LogP contribution in [0.25, 0.3) is 22.3 Å². The number of imidazole rings is 2. The Labute approximate surface area is 329 Å². The summed E-state index contributed by atoms with van der Waals surface area (Å²) in [6, 6.07) is 8.41. The Morgan fingerprint density at radius 3 is 2.48 bits per heavy atom. The number of aromatic amines is 1. The van der Waals surface area contributed by atoms with E-state index in [0.29, 0.717) is 12.1 Å². The number of anilines is 2. The van der Waals surface area contributed by atoms with E-state index in [1.54, 1.807) is 37.3 Å². The summed E-state index contributed by atoms with van der Waals surface area (Å²) in [4.78, 5) is 61.1. The van der Waals surface area contributed by atoms with Crippen molar-refractivity contribution in [3.05, 3.63) is 65.2 Å². The van der Waals surface area contributed by atoms with E-state index in [9.17, 15) is 23.6 Å². The average Bonchev–Trinajstić information content (AvgIpc) is 3.97. The highest BCUT2D eigenvalue weighted by molar-refractivity contribution is 7.53. The van der Waals surface area contributed by atoms with E-state index in [-0.39, 0.29) is 52.6 Å². The third-order valence-corrected chi connectivity index (χ3v) is 13.1. The molecular weight excluding hydrogens is 805 g/mol. The summed E-state index contributed by atoms with van der Waals surface area (Å²) >= 11 is 0. The third-order valence-electron chi connectivity index (χ3n) is 10.2. The second-order valence-corrected chi connectivity index (χ2v) is 18.2. The molecule has 3 aliphatic rings. The Morgan fingerprint density at radius 2 is 1.74 bits per heavy atom. The lowest BCUT2D eigenvalue weighted by Crippen LogP contribution is -2.34. The lowest BCUT2D eigenvalue weighted by molar-refractivity contribution is -0.0567. The normalized spacial score (nSPS) is 31.8. The highest BCUT2D eigenvalue weighted by atomic mass is 31.2. The van der Waals surface area contributed by atoms with Gasteiger partial charge in [0.1, 0.15) is 24.6 Å². The SMILES string of the molecule is COP1(=O)CCC2OC(n3cnc4c(=O)[nH]c(NCC(C)C)nc43)C(OP(=O)(O)OCC3OC(n4cnc5c(NC(=O)c6ccccc6)ncnc54)C(F)C3O1)C2C. The van der Waals surface area contributed by atoms with Crippen molar-refractivity contribution >= 4 is 55.4 Å². The van der Waals surface area contributed by atoms with Crippen molar-refractivity contribution < 1.29 is 50.8 Å². The van der Waals surface area contributed by atoms with Crippen molar-refractivity contribution in [2.45, 2.75) is 70.2 Å². The highest BCUT2D eigenvalue weighted by Gasteiger charge is 2.54. The van der Waals surface area contributed by atoms with Crippen LogP contribution in [0.4, 0.5) is 16.2 Å². The number of H-pyrrole nitrogens is 1. The fraction of sp³-hybridized carbons (Fsp3) is 0.500. The molecule has 10 unspecified atom stereocenters. The molecule has 10 atom stereocenters. The molecular formula is C34H41FN10O11P2. The standard InChI is InChI=1S/C34H41FN10O11P2/c1-17(2)12-36-34-42-29-24(31(47)43-34)40-16-45(29)33-25-18(3)20(53-33)10-11-57(48,51-4)55-26-21(13-52-58(49,50)56-25)54-32(22(26)35)44-15-39-23-27(37-14-38-28(23)44)41-30(46)19-8-6-5-7-9-19/h5-9,14-18,20-22,25-26,32-33H,10-13H2,1-4H3,(H,49,50)(H2,36,42,43,47)(H,37,38,41,46). The zero-order chi connectivity index (χ0) is 40.9. The molecule has 4 aromatic heterocycles. The second-order valence-electron chi connectivity index (χ2n) is 14.5. The minimum absolute atomic E-state index is 0.00582. The van der Waals surface area contributed by atoms with Crippen LogP contribution in [0.3, 0.4) is 0 Å². The van der Waals surface area contributed by atoms with Gasteiger partial charge in [0.25, 0.3) is 11.5 Å². The number of aromatic nitrogens is 8. The van der Waals surface area contributed by atoms with E-state index in [4.69, 9.17) is 27.6 Å². The number of phosphoric ester groups is 1. The fourth-order valence-electron chi connectivity index (χ4n) is 7.14. The van der Waals surface area contributed by atoms with E-state index in [1.807, 2.05) is 13.8 Å². The maximum Gasteiger partial charge on any atom is 0.472 e. The maximum atomic E-state index is 16.6. The number of hydrogen-bond acceptors (Lipinski definition) is 16. The van der Waals surface area contributed by atoms with Crippen LogP contribution in [0.15, 0.2) is 54.1 Å². The van der Waals surface area contributed by atoms with Crippen LogP contribution in [0, 0.1) is 11.8 Å². The molecule has 3 saturated heterocycles. The highest BCUT2D eigenvalue weighted by Crippen LogP contribution is 2.57. The Kier molecular flexibility index (Phi) is 11.1. The van der Waals surface area contributed by atoms with Crippen molar-refractivity contribution in [3.63, 3.8) is 0 Å². The van der Waals surface area contributed by atoms with Crippen molar-refractivity contribution in [1.29, 1.82) is 0 Å². The van der Waals surface area contributed by atoms with Gasteiger partial charge in [-0.2, -0.15) is 4.98 Å². The van der Waals surface area contributed by atoms with Crippen molar-refractivity contribution in [1.82, 2.24) is 39.0 Å². The topological polar surface area (TPSA) is 258 Å². The molecule has 0 saturated carbocycles. The monoisotopic (exact) mass is 846 g/mol. The summed E-state index contributed by atoms with van der Waals surface area (Å²) in [5.74, 6) is -0.622. The van der Waals surface area contributed by atoms with E-state index < -0.39 is 82.5 Å². The number of hydrogen-bond donors (Lipinski definition) is 4. The number of ether oxygens (including phenoxy) is 2. The molecule has 4 N–H and O–H groups in total. The molecule has 310 valence electrons. The smallest absolute Gasteiger partial charge is 0.355 e. The van der Waals surface area contributed by atoms with Gasteiger partial charge < -0.3 is 29.5 Å². The largest absolute Gasteiger partial charge is 0.472 e. The zero-order valence-corrected chi connectivity index (χ0v) is 33.4. The number of carbonyl (C=O) groups is 1. The van der Waals surface area contributed by atoms with Gasteiger partial charge in [-0.15, -0.1) is 0 Å². The van der Waals surface area contributed by atoms with Gasteiger partial charge in [-0.25, -0.2) is 28.9 Å². The van der Waals surface area contributed by atoms with Gasteiger partial charge in [0, 0.05) is 25.1 Å². The van der Waals surface area contributed by atoms with Gasteiger partial charge >= 0.3 is 15.4 Å². The number of amides is 1. The Bertz CT molecular complexity index is 2470. The number of alkyl halides is 1. The summed E-state index contributed by atoms with van der Waals surface area (Å²) in [6.07, 6.45) is -6.34. The summed E-state index contributed by atoms with van der Waals surface area (Å²) in [6.45, 7) is 5.44. The van der Waals surface area contributed by atoms with Gasteiger partial charge in [0.05, 0.1) is 31.5 Å². The zero-order valence-electron chi connectivity index (χ0n) is 31.6. The number of benzene rings is 1. The van der Waals surface area contributed by atoms with Crippen molar-refractivity contribution in [2.75, 3.05) is 37.1 Å². The summed E-state index contributed by atoms with van der Waals surface area (Å²) in [5.41, 5.74) is 0.149. The molecule has 24 heteroatoms. The molecule has 8 rings (SSSR count). The minimum atomic E-state index is -5.00. The molecule has 21 nitrogen and oxygen atoms in total. The predicted molar refractivity (Wildman–Crippen MR) is 203 cm³/mol. The fourth-order valence-corrected chi connectivity index (χ4v) is 9.71. The van der Waals surface area contributed by atoms with E-state index >= 15 is 4.39 Å². The van der Waals surface area contributed by atoms with Crippen LogP contribution >= 0.6 is 15.4 Å². The number of carbonyl (C=O) groups excluding carboxylic acids is 1. The molecule has 5 aromatic rings. The lowest BCUT2D eigenvalue weighted by Gasteiger charge is -2.27. The first-order valence-electron chi connectivity index (χ1n) is 18.4. The lowest BCUT2D eigenvalue weighted by atomic mass is 9.99. The summed E-state index contributed by atoms with van der Waals surface area (Å²) < 4.78 is 82.2. The molecule has 0 radical (unpaired) electrons. The molecule has 0 aliphatic carbocycles. The van der Waals surface area contributed by atoms with Crippen LogP contribution < -0.4 is 16.2 Å². The van der Waals surface area contributed by atoms with Gasteiger partial charge in [0.2, 0.25) is 5.95 Å². The molecule has 0 spiro atoms. The maximum absolute atomic E-state index is 16.6. The quantitative estimate of drug-likeness (QED) is 0.160. The van der Waals surface area contributed by atoms with Crippen molar-refractivity contribution in [3.8, 4) is 0 Å². The first kappa shape index (κ1) is 40.3. The van der Waals surface area contributed by atoms with Crippen LogP contribution in [-0.2, 0) is 36.7 Å². The van der Waals surface area contributed by atoms with E-state index in [0.717, 1.165) is 13.4 Å². The third kappa shape index (κ3) is 7.83.